The van der Waals surface area contributed by atoms with E-state index in [1.807, 2.05) is 4.90 Å². The number of anilines is 2. The van der Waals surface area contributed by atoms with Gasteiger partial charge in [-0.15, -0.1) is 11.8 Å². The van der Waals surface area contributed by atoms with Crippen molar-refractivity contribution in [1.29, 1.82) is 0 Å². The largest absolute Gasteiger partial charge is 0.497 e. The molecule has 1 unspecified atom stereocenters. The molecule has 2 aliphatic rings. The van der Waals surface area contributed by atoms with Crippen molar-refractivity contribution in [3.63, 3.8) is 0 Å². The lowest BCUT2D eigenvalue weighted by atomic mass is 10.2. The van der Waals surface area contributed by atoms with Crippen molar-refractivity contribution in [2.45, 2.75) is 18.9 Å². The Labute approximate surface area is 183 Å². The minimum Gasteiger partial charge on any atom is -0.497 e. The predicted octanol–water partition coefficient (Wildman–Crippen LogP) is 2.89. The van der Waals surface area contributed by atoms with Gasteiger partial charge < -0.3 is 19.9 Å². The number of thioether (sulfide) groups is 1. The first-order valence-electron chi connectivity index (χ1n) is 9.68. The van der Waals surface area contributed by atoms with Gasteiger partial charge in [-0.2, -0.15) is 0 Å². The van der Waals surface area contributed by atoms with E-state index < -0.39 is 6.04 Å². The van der Waals surface area contributed by atoms with Crippen molar-refractivity contribution < 1.29 is 14.3 Å². The van der Waals surface area contributed by atoms with Gasteiger partial charge in [0.05, 0.1) is 24.2 Å². The van der Waals surface area contributed by atoms with E-state index in [9.17, 15) is 9.59 Å². The van der Waals surface area contributed by atoms with E-state index in [0.29, 0.717) is 29.0 Å². The summed E-state index contributed by atoms with van der Waals surface area (Å²) in [5.41, 5.74) is 0.778. The first-order chi connectivity index (χ1) is 14.6. The van der Waals surface area contributed by atoms with Gasteiger partial charge in [0.15, 0.2) is 5.69 Å². The molecule has 0 bridgehead atoms. The number of hydrogen-bond donors (Lipinski definition) is 1. The Hall–Kier alpha value is -2.52. The summed E-state index contributed by atoms with van der Waals surface area (Å²) < 4.78 is 5.13. The van der Waals surface area contributed by atoms with E-state index >= 15 is 0 Å². The smallest absolute Gasteiger partial charge is 0.275 e. The van der Waals surface area contributed by atoms with Crippen molar-refractivity contribution >= 4 is 46.8 Å². The Morgan fingerprint density at radius 1 is 1.23 bits per heavy atom. The third-order valence-electron chi connectivity index (χ3n) is 5.13. The quantitative estimate of drug-likeness (QED) is 0.753. The van der Waals surface area contributed by atoms with E-state index in [0.717, 1.165) is 25.9 Å². The molecular formula is C20H22ClN5O3S. The number of benzene rings is 1. The van der Waals surface area contributed by atoms with Gasteiger partial charge in [0.1, 0.15) is 11.8 Å². The molecule has 0 radical (unpaired) electrons. The fourth-order valence-electron chi connectivity index (χ4n) is 3.47. The van der Waals surface area contributed by atoms with Crippen LogP contribution in [0.4, 0.5) is 11.6 Å². The van der Waals surface area contributed by atoms with E-state index in [1.165, 1.54) is 22.9 Å². The Morgan fingerprint density at radius 2 is 1.97 bits per heavy atom. The number of methoxy groups -OCH3 is 1. The monoisotopic (exact) mass is 447 g/mol. The highest BCUT2D eigenvalue weighted by Crippen LogP contribution is 2.27. The molecule has 3 heterocycles. The lowest BCUT2D eigenvalue weighted by Gasteiger charge is -2.24. The Kier molecular flexibility index (Phi) is 6.29. The van der Waals surface area contributed by atoms with Crippen LogP contribution in [0.1, 0.15) is 23.3 Å². The number of ether oxygens (including phenoxy) is 1. The van der Waals surface area contributed by atoms with Gasteiger partial charge in [-0.05, 0) is 37.1 Å². The molecule has 2 aromatic rings. The maximum absolute atomic E-state index is 13.2. The van der Waals surface area contributed by atoms with E-state index in [-0.39, 0.29) is 22.5 Å². The van der Waals surface area contributed by atoms with E-state index in [2.05, 4.69) is 15.3 Å². The summed E-state index contributed by atoms with van der Waals surface area (Å²) >= 11 is 7.77. The van der Waals surface area contributed by atoms with Gasteiger partial charge in [-0.25, -0.2) is 9.97 Å². The van der Waals surface area contributed by atoms with Crippen LogP contribution < -0.4 is 15.0 Å². The number of carbonyl (C=O) groups excluding carboxylic acids is 2. The molecule has 0 saturated carbocycles. The fraction of sp³-hybridized carbons (Fsp3) is 0.400. The first kappa shape index (κ1) is 20.7. The maximum Gasteiger partial charge on any atom is 0.275 e. The van der Waals surface area contributed by atoms with Gasteiger partial charge in [0.2, 0.25) is 11.9 Å². The van der Waals surface area contributed by atoms with Crippen molar-refractivity contribution in [2.24, 2.45) is 0 Å². The fourth-order valence-corrected chi connectivity index (χ4v) is 4.80. The molecule has 2 aliphatic heterocycles. The molecule has 30 heavy (non-hydrogen) atoms. The standard InChI is InChI=1S/C20H22ClN5O3S/c1-29-14-6-4-13(5-7-14)23-18(27)16-11-30-12-26(16)19(28)17-15(21)10-22-20(24-17)25-8-2-3-9-25/h4-7,10,16H,2-3,8-9,11-12H2,1H3,(H,23,27). The molecule has 2 fully saturated rings. The number of nitrogens with one attached hydrogen (secondary N) is 1. The molecule has 4 rings (SSSR count). The summed E-state index contributed by atoms with van der Waals surface area (Å²) in [5.74, 6) is 1.51. The number of aromatic nitrogens is 2. The van der Waals surface area contributed by atoms with Gasteiger partial charge in [0, 0.05) is 24.5 Å². The molecular weight excluding hydrogens is 426 g/mol. The molecule has 2 amide bonds. The number of hydrogen-bond acceptors (Lipinski definition) is 7. The molecule has 1 N–H and O–H groups in total. The third kappa shape index (κ3) is 4.32. The summed E-state index contributed by atoms with van der Waals surface area (Å²) in [5, 5.41) is 3.06. The second-order valence-electron chi connectivity index (χ2n) is 7.07. The number of halogens is 1. The van der Waals surface area contributed by atoms with Gasteiger partial charge in [-0.1, -0.05) is 11.6 Å². The zero-order valence-corrected chi connectivity index (χ0v) is 18.1. The zero-order chi connectivity index (χ0) is 21.1. The molecule has 1 aromatic heterocycles. The summed E-state index contributed by atoms with van der Waals surface area (Å²) in [6.45, 7) is 1.73. The molecule has 0 aliphatic carbocycles. The van der Waals surface area contributed by atoms with Crippen molar-refractivity contribution in [1.82, 2.24) is 14.9 Å². The summed E-state index contributed by atoms with van der Waals surface area (Å²) in [7, 11) is 1.58. The lowest BCUT2D eigenvalue weighted by Crippen LogP contribution is -2.45. The molecule has 0 spiro atoms. The van der Waals surface area contributed by atoms with Crippen molar-refractivity contribution in [3.05, 3.63) is 41.2 Å². The SMILES string of the molecule is COc1ccc(NC(=O)C2CSCN2C(=O)c2nc(N3CCCC3)ncc2Cl)cc1. The number of amides is 2. The topological polar surface area (TPSA) is 87.7 Å². The highest BCUT2D eigenvalue weighted by molar-refractivity contribution is 7.99. The minimum absolute atomic E-state index is 0.137. The third-order valence-corrected chi connectivity index (χ3v) is 6.42. The summed E-state index contributed by atoms with van der Waals surface area (Å²) in [6.07, 6.45) is 3.61. The molecule has 1 atom stereocenters. The van der Waals surface area contributed by atoms with Crippen LogP contribution in [0, 0.1) is 0 Å². The number of nitrogens with zero attached hydrogens (tertiary/aromatic N) is 4. The van der Waals surface area contributed by atoms with Crippen LogP contribution in [0.3, 0.4) is 0 Å². The van der Waals surface area contributed by atoms with Gasteiger partial charge in [0.25, 0.3) is 5.91 Å². The molecule has 158 valence electrons. The highest BCUT2D eigenvalue weighted by atomic mass is 35.5. The molecule has 10 heteroatoms. The Morgan fingerprint density at radius 3 is 2.67 bits per heavy atom. The van der Waals surface area contributed by atoms with Crippen molar-refractivity contribution in [3.8, 4) is 5.75 Å². The van der Waals surface area contributed by atoms with Crippen LogP contribution in [-0.2, 0) is 4.79 Å². The van der Waals surface area contributed by atoms with E-state index in [4.69, 9.17) is 16.3 Å². The van der Waals surface area contributed by atoms with Crippen LogP contribution in [0.5, 0.6) is 5.75 Å². The molecule has 2 saturated heterocycles. The normalized spacial score (nSPS) is 18.5. The summed E-state index contributed by atoms with van der Waals surface area (Å²) in [6, 6.07) is 6.44. The lowest BCUT2D eigenvalue weighted by molar-refractivity contribution is -0.119. The molecule has 8 nitrogen and oxygen atoms in total. The number of carbonyl (C=O) groups is 2. The van der Waals surface area contributed by atoms with Crippen LogP contribution in [0.15, 0.2) is 30.5 Å². The second kappa shape index (κ2) is 9.09. The van der Waals surface area contributed by atoms with Crippen LogP contribution >= 0.6 is 23.4 Å². The summed E-state index contributed by atoms with van der Waals surface area (Å²) in [4.78, 5) is 38.3. The van der Waals surface area contributed by atoms with Crippen LogP contribution in [0.25, 0.3) is 0 Å². The Balaban J connectivity index is 1.50. The number of rotatable bonds is 5. The highest BCUT2D eigenvalue weighted by Gasteiger charge is 2.37. The minimum atomic E-state index is -0.606. The second-order valence-corrected chi connectivity index (χ2v) is 8.48. The predicted molar refractivity (Wildman–Crippen MR) is 117 cm³/mol. The average Bonchev–Trinajstić information content (AvgIpc) is 3.46. The maximum atomic E-state index is 13.2. The zero-order valence-electron chi connectivity index (χ0n) is 16.5. The van der Waals surface area contributed by atoms with Crippen molar-refractivity contribution in [2.75, 3.05) is 42.0 Å². The van der Waals surface area contributed by atoms with Crippen LogP contribution in [0.2, 0.25) is 5.02 Å². The average molecular weight is 448 g/mol. The van der Waals surface area contributed by atoms with Gasteiger partial charge in [-0.3, -0.25) is 9.59 Å². The Bertz CT molecular complexity index is 937. The van der Waals surface area contributed by atoms with Gasteiger partial charge >= 0.3 is 0 Å². The van der Waals surface area contributed by atoms with Crippen LogP contribution in [-0.4, -0.2) is 64.6 Å². The van der Waals surface area contributed by atoms with E-state index in [1.54, 1.807) is 31.4 Å². The molecule has 1 aromatic carbocycles. The first-order valence-corrected chi connectivity index (χ1v) is 11.2.